The second kappa shape index (κ2) is 10.6. The highest BCUT2D eigenvalue weighted by Crippen LogP contribution is 2.45. The van der Waals surface area contributed by atoms with Crippen molar-refractivity contribution in [2.45, 2.75) is 0 Å². The molecule has 0 fully saturated rings. The van der Waals surface area contributed by atoms with Crippen LogP contribution < -0.4 is 0 Å². The third-order valence-corrected chi connectivity index (χ3v) is 10.9. The lowest BCUT2D eigenvalue weighted by molar-refractivity contribution is 0.673. The number of furan rings is 1. The Kier molecular flexibility index (Phi) is 5.71. The Balaban J connectivity index is 1.30. The van der Waals surface area contributed by atoms with Gasteiger partial charge in [0, 0.05) is 43.6 Å². The van der Waals surface area contributed by atoms with E-state index in [1.165, 1.54) is 10.8 Å². The number of benzene rings is 8. The van der Waals surface area contributed by atoms with Crippen molar-refractivity contribution < 1.29 is 4.42 Å². The molecule has 0 radical (unpaired) electrons. The van der Waals surface area contributed by atoms with Gasteiger partial charge in [-0.15, -0.1) is 0 Å². The number of para-hydroxylation sites is 3. The molecule has 0 saturated heterocycles. The van der Waals surface area contributed by atoms with Crippen LogP contribution in [0.3, 0.4) is 0 Å². The molecule has 0 aliphatic carbocycles. The van der Waals surface area contributed by atoms with Crippen LogP contribution in [0.5, 0.6) is 0 Å². The number of fused-ring (bicyclic) bond motifs is 13. The van der Waals surface area contributed by atoms with Crippen LogP contribution >= 0.6 is 0 Å². The van der Waals surface area contributed by atoms with Gasteiger partial charge in [0.05, 0.1) is 38.7 Å². The predicted octanol–water partition coefficient (Wildman–Crippen LogP) is 12.5. The van der Waals surface area contributed by atoms with Gasteiger partial charge in [-0.1, -0.05) is 127 Å². The second-order valence-electron chi connectivity index (χ2n) is 13.8. The molecule has 246 valence electrons. The Morgan fingerprint density at radius 2 is 1.13 bits per heavy atom. The molecule has 0 saturated carbocycles. The van der Waals surface area contributed by atoms with E-state index in [1.54, 1.807) is 0 Å². The van der Waals surface area contributed by atoms with Gasteiger partial charge in [0.25, 0.3) is 0 Å². The van der Waals surface area contributed by atoms with E-state index >= 15 is 0 Å². The van der Waals surface area contributed by atoms with Crippen LogP contribution in [0.1, 0.15) is 0 Å². The molecule has 5 nitrogen and oxygen atoms in total. The lowest BCUT2D eigenvalue weighted by atomic mass is 10.1. The number of rotatable bonds is 3. The minimum absolute atomic E-state index is 0.630. The van der Waals surface area contributed by atoms with Crippen molar-refractivity contribution in [2.24, 2.45) is 0 Å². The zero-order valence-corrected chi connectivity index (χ0v) is 28.4. The number of aromatic nitrogens is 4. The summed E-state index contributed by atoms with van der Waals surface area (Å²) in [6.07, 6.45) is 0. The molecule has 12 aromatic rings. The van der Waals surface area contributed by atoms with E-state index in [2.05, 4.69) is 161 Å². The average molecular weight is 677 g/mol. The Labute approximate surface area is 302 Å². The first-order valence-electron chi connectivity index (χ1n) is 17.9. The van der Waals surface area contributed by atoms with Gasteiger partial charge < -0.3 is 8.98 Å². The van der Waals surface area contributed by atoms with Gasteiger partial charge in [-0.05, 0) is 53.2 Å². The van der Waals surface area contributed by atoms with Crippen molar-refractivity contribution in [3.8, 4) is 22.9 Å². The summed E-state index contributed by atoms with van der Waals surface area (Å²) in [4.78, 5) is 10.7. The van der Waals surface area contributed by atoms with Gasteiger partial charge >= 0.3 is 0 Å². The Hall–Kier alpha value is -7.24. The Bertz CT molecular complexity index is 3460. The van der Waals surface area contributed by atoms with Gasteiger partial charge in [-0.25, -0.2) is 9.97 Å². The molecule has 12 rings (SSSR count). The molecule has 8 aromatic carbocycles. The highest BCUT2D eigenvalue weighted by molar-refractivity contribution is 6.29. The van der Waals surface area contributed by atoms with Crippen molar-refractivity contribution >= 4 is 87.2 Å². The molecule has 0 unspecified atom stereocenters. The SMILES string of the molecule is c1ccc(-c2nc(-n3c4ccccc4c4ccc5c6c7oc8ccccc8c7ccc6n(-c6ccc7ccccc7c6)c5c43)nc3ccccc23)cc1. The minimum Gasteiger partial charge on any atom is -0.455 e. The molecule has 0 aliphatic rings. The van der Waals surface area contributed by atoms with Crippen LogP contribution in [0.15, 0.2) is 174 Å². The van der Waals surface area contributed by atoms with E-state index in [4.69, 9.17) is 14.4 Å². The summed E-state index contributed by atoms with van der Waals surface area (Å²) in [7, 11) is 0. The van der Waals surface area contributed by atoms with Crippen molar-refractivity contribution in [2.75, 3.05) is 0 Å². The van der Waals surface area contributed by atoms with Crippen LogP contribution in [-0.4, -0.2) is 19.1 Å². The second-order valence-corrected chi connectivity index (χ2v) is 13.8. The lowest BCUT2D eigenvalue weighted by Gasteiger charge is -2.14. The number of nitrogens with zero attached hydrogens (tertiary/aromatic N) is 4. The van der Waals surface area contributed by atoms with E-state index in [1.807, 2.05) is 18.2 Å². The van der Waals surface area contributed by atoms with Crippen LogP contribution in [0.25, 0.3) is 110 Å². The Morgan fingerprint density at radius 1 is 0.434 bits per heavy atom. The Morgan fingerprint density at radius 3 is 2.04 bits per heavy atom. The number of hydrogen-bond donors (Lipinski definition) is 0. The maximum atomic E-state index is 6.75. The third kappa shape index (κ3) is 3.96. The molecular weight excluding hydrogens is 649 g/mol. The highest BCUT2D eigenvalue weighted by atomic mass is 16.3. The van der Waals surface area contributed by atoms with Gasteiger partial charge in [-0.3, -0.25) is 4.57 Å². The molecule has 0 bridgehead atoms. The monoisotopic (exact) mass is 676 g/mol. The summed E-state index contributed by atoms with van der Waals surface area (Å²) >= 11 is 0. The lowest BCUT2D eigenvalue weighted by Crippen LogP contribution is -2.04. The zero-order valence-electron chi connectivity index (χ0n) is 28.4. The van der Waals surface area contributed by atoms with Crippen LogP contribution in [0, 0.1) is 0 Å². The van der Waals surface area contributed by atoms with Gasteiger partial charge in [0.1, 0.15) is 11.2 Å². The maximum absolute atomic E-state index is 6.75. The van der Waals surface area contributed by atoms with Crippen molar-refractivity contribution in [3.63, 3.8) is 0 Å². The fourth-order valence-electron chi connectivity index (χ4n) is 8.59. The summed E-state index contributed by atoms with van der Waals surface area (Å²) in [5, 5.41) is 10.1. The zero-order chi connectivity index (χ0) is 34.6. The van der Waals surface area contributed by atoms with Crippen molar-refractivity contribution in [1.29, 1.82) is 0 Å². The van der Waals surface area contributed by atoms with E-state index in [0.717, 1.165) is 93.4 Å². The molecule has 4 aromatic heterocycles. The summed E-state index contributed by atoms with van der Waals surface area (Å²) in [5.74, 6) is 0.630. The van der Waals surface area contributed by atoms with Gasteiger partial charge in [-0.2, -0.15) is 0 Å². The summed E-state index contributed by atoms with van der Waals surface area (Å²) < 4.78 is 11.4. The number of hydrogen-bond acceptors (Lipinski definition) is 3. The quantitative estimate of drug-likeness (QED) is 0.187. The third-order valence-electron chi connectivity index (χ3n) is 10.9. The molecule has 0 aliphatic heterocycles. The predicted molar refractivity (Wildman–Crippen MR) is 218 cm³/mol. The first kappa shape index (κ1) is 28.5. The van der Waals surface area contributed by atoms with E-state index in [9.17, 15) is 0 Å². The van der Waals surface area contributed by atoms with Crippen LogP contribution in [0.4, 0.5) is 0 Å². The standard InChI is InChI=1S/C48H28N4O/c1-2-13-30(14-3-1)44-37-18-6-9-19-39(37)49-48(50-44)52-40-20-10-7-16-33(40)35-24-25-38-43-41(27-26-36-34-17-8-11-21-42(34)53-47(36)43)51(46(38)45(35)52)32-23-22-29-12-4-5-15-31(29)28-32/h1-28H. The van der Waals surface area contributed by atoms with E-state index in [0.29, 0.717) is 5.95 Å². The van der Waals surface area contributed by atoms with E-state index in [-0.39, 0.29) is 0 Å². The van der Waals surface area contributed by atoms with Crippen molar-refractivity contribution in [1.82, 2.24) is 19.1 Å². The smallest absolute Gasteiger partial charge is 0.235 e. The van der Waals surface area contributed by atoms with Gasteiger partial charge in [0.2, 0.25) is 5.95 Å². The van der Waals surface area contributed by atoms with Crippen LogP contribution in [-0.2, 0) is 0 Å². The van der Waals surface area contributed by atoms with Crippen LogP contribution in [0.2, 0.25) is 0 Å². The normalized spacial score (nSPS) is 12.2. The molecule has 53 heavy (non-hydrogen) atoms. The molecule has 0 atom stereocenters. The molecule has 0 spiro atoms. The van der Waals surface area contributed by atoms with Crippen molar-refractivity contribution in [3.05, 3.63) is 170 Å². The van der Waals surface area contributed by atoms with E-state index < -0.39 is 0 Å². The largest absolute Gasteiger partial charge is 0.455 e. The summed E-state index contributed by atoms with van der Waals surface area (Å²) in [5.41, 5.74) is 9.96. The molecule has 4 heterocycles. The fourth-order valence-corrected chi connectivity index (χ4v) is 8.59. The average Bonchev–Trinajstić information content (AvgIpc) is 3.88. The topological polar surface area (TPSA) is 48.8 Å². The molecule has 5 heteroatoms. The molecule has 0 N–H and O–H groups in total. The maximum Gasteiger partial charge on any atom is 0.235 e. The minimum atomic E-state index is 0.630. The summed E-state index contributed by atoms with van der Waals surface area (Å²) in [6.45, 7) is 0. The first-order valence-corrected chi connectivity index (χ1v) is 17.9. The van der Waals surface area contributed by atoms with Gasteiger partial charge in [0.15, 0.2) is 0 Å². The highest BCUT2D eigenvalue weighted by Gasteiger charge is 2.25. The first-order chi connectivity index (χ1) is 26.3. The molecular formula is C48H28N4O. The molecule has 0 amide bonds. The fraction of sp³-hybridized carbons (Fsp3) is 0. The summed E-state index contributed by atoms with van der Waals surface area (Å²) in [6, 6.07) is 60.0.